The Bertz CT molecular complexity index is 715. The zero-order valence-electron chi connectivity index (χ0n) is 15.7. The molecule has 1 aromatic carbocycles. The molecule has 2 fully saturated rings. The third-order valence-electron chi connectivity index (χ3n) is 5.58. The van der Waals surface area contributed by atoms with Crippen LogP contribution in [-0.4, -0.2) is 73.5 Å². The highest BCUT2D eigenvalue weighted by Gasteiger charge is 2.34. The molecular weight excluding hydrogens is 350 g/mol. The molecule has 2 aliphatic heterocycles. The molecule has 2 heterocycles. The predicted octanol–water partition coefficient (Wildman–Crippen LogP) is 1.39. The molecule has 1 unspecified atom stereocenters. The number of hydrogen-bond acceptors (Lipinski definition) is 4. The molecule has 1 aromatic rings. The van der Waals surface area contributed by atoms with Crippen molar-refractivity contribution in [3.05, 3.63) is 35.9 Å². The average molecular weight is 380 g/mol. The molecule has 0 aromatic heterocycles. The Kier molecular flexibility index (Phi) is 5.99. The lowest BCUT2D eigenvalue weighted by molar-refractivity contribution is -0.139. The van der Waals surface area contributed by atoms with Gasteiger partial charge in [-0.1, -0.05) is 30.3 Å². The maximum atomic E-state index is 12.9. The molecule has 0 saturated carbocycles. The zero-order valence-corrected chi connectivity index (χ0v) is 16.5. The third kappa shape index (κ3) is 4.64. The van der Waals surface area contributed by atoms with Crippen molar-refractivity contribution in [3.63, 3.8) is 0 Å². The highest BCUT2D eigenvalue weighted by molar-refractivity contribution is 7.88. The summed E-state index contributed by atoms with van der Waals surface area (Å²) >= 11 is 0. The summed E-state index contributed by atoms with van der Waals surface area (Å²) in [6, 6.07) is 10.7. The monoisotopic (exact) mass is 379 g/mol. The normalized spacial score (nSPS) is 23.9. The number of benzene rings is 1. The number of piperazine rings is 1. The van der Waals surface area contributed by atoms with E-state index < -0.39 is 10.0 Å². The first kappa shape index (κ1) is 19.3. The van der Waals surface area contributed by atoms with Crippen LogP contribution >= 0.6 is 0 Å². The van der Waals surface area contributed by atoms with Crippen LogP contribution in [0.15, 0.2) is 30.3 Å². The second kappa shape index (κ2) is 8.06. The van der Waals surface area contributed by atoms with Crippen LogP contribution in [0.3, 0.4) is 0 Å². The van der Waals surface area contributed by atoms with Crippen LogP contribution < -0.4 is 0 Å². The second-order valence-corrected chi connectivity index (χ2v) is 9.51. The van der Waals surface area contributed by atoms with E-state index in [2.05, 4.69) is 36.1 Å². The number of sulfonamides is 1. The number of rotatable bonds is 4. The van der Waals surface area contributed by atoms with E-state index in [1.807, 2.05) is 11.0 Å². The van der Waals surface area contributed by atoms with Crippen LogP contribution in [0.25, 0.3) is 0 Å². The van der Waals surface area contributed by atoms with E-state index >= 15 is 0 Å². The summed E-state index contributed by atoms with van der Waals surface area (Å²) < 4.78 is 24.7. The number of hydrogen-bond donors (Lipinski definition) is 0. The minimum atomic E-state index is -3.14. The molecule has 1 amide bonds. The molecule has 2 saturated heterocycles. The minimum absolute atomic E-state index is 0.0409. The molecule has 7 heteroatoms. The van der Waals surface area contributed by atoms with E-state index in [1.165, 1.54) is 16.1 Å². The Morgan fingerprint density at radius 1 is 1.08 bits per heavy atom. The van der Waals surface area contributed by atoms with Gasteiger partial charge in [0.2, 0.25) is 15.9 Å². The van der Waals surface area contributed by atoms with Crippen molar-refractivity contribution < 1.29 is 13.2 Å². The zero-order chi connectivity index (χ0) is 18.7. The first-order chi connectivity index (χ1) is 12.3. The summed E-state index contributed by atoms with van der Waals surface area (Å²) in [6.45, 7) is 6.38. The van der Waals surface area contributed by atoms with E-state index in [9.17, 15) is 13.2 Å². The molecule has 6 nitrogen and oxygen atoms in total. The van der Waals surface area contributed by atoms with E-state index in [0.29, 0.717) is 32.0 Å². The van der Waals surface area contributed by atoms with Crippen molar-refractivity contribution in [1.82, 2.24) is 14.1 Å². The molecule has 0 radical (unpaired) electrons. The number of carbonyl (C=O) groups excluding carboxylic acids is 1. The summed E-state index contributed by atoms with van der Waals surface area (Å²) in [5.74, 6) is 0.158. The molecule has 1 atom stereocenters. The van der Waals surface area contributed by atoms with Gasteiger partial charge in [0.15, 0.2) is 0 Å². The fourth-order valence-electron chi connectivity index (χ4n) is 3.94. The van der Waals surface area contributed by atoms with Gasteiger partial charge < -0.3 is 4.90 Å². The van der Waals surface area contributed by atoms with Crippen molar-refractivity contribution in [1.29, 1.82) is 0 Å². The van der Waals surface area contributed by atoms with Gasteiger partial charge in [-0.25, -0.2) is 12.7 Å². The summed E-state index contributed by atoms with van der Waals surface area (Å²) in [5.41, 5.74) is 1.30. The Labute approximate surface area is 156 Å². The van der Waals surface area contributed by atoms with Gasteiger partial charge in [-0.15, -0.1) is 0 Å². The lowest BCUT2D eigenvalue weighted by Crippen LogP contribution is -2.55. The lowest BCUT2D eigenvalue weighted by atomic mass is 9.96. The fourth-order valence-corrected chi connectivity index (χ4v) is 4.81. The maximum Gasteiger partial charge on any atom is 0.225 e. The van der Waals surface area contributed by atoms with Crippen LogP contribution in [0, 0.1) is 5.92 Å². The molecule has 0 bridgehead atoms. The van der Waals surface area contributed by atoms with E-state index in [1.54, 1.807) is 0 Å². The molecular formula is C19H29N3O3S. The van der Waals surface area contributed by atoms with Crippen molar-refractivity contribution in [2.24, 2.45) is 5.92 Å². The molecule has 0 spiro atoms. The van der Waals surface area contributed by atoms with Gasteiger partial charge in [0.05, 0.1) is 6.26 Å². The van der Waals surface area contributed by atoms with E-state index in [0.717, 1.165) is 26.2 Å². The van der Waals surface area contributed by atoms with Gasteiger partial charge in [-0.05, 0) is 25.3 Å². The van der Waals surface area contributed by atoms with Crippen LogP contribution in [0.2, 0.25) is 0 Å². The van der Waals surface area contributed by atoms with Gasteiger partial charge in [-0.3, -0.25) is 9.69 Å². The van der Waals surface area contributed by atoms with Gasteiger partial charge in [0, 0.05) is 51.2 Å². The Morgan fingerprint density at radius 3 is 2.31 bits per heavy atom. The van der Waals surface area contributed by atoms with E-state index in [-0.39, 0.29) is 11.8 Å². The third-order valence-corrected chi connectivity index (χ3v) is 6.88. The minimum Gasteiger partial charge on any atom is -0.340 e. The van der Waals surface area contributed by atoms with Crippen molar-refractivity contribution in [2.45, 2.75) is 32.4 Å². The Hall–Kier alpha value is -1.44. The highest BCUT2D eigenvalue weighted by atomic mass is 32.2. The number of piperidine rings is 1. The quantitative estimate of drug-likeness (QED) is 0.793. The molecule has 144 valence electrons. The lowest BCUT2D eigenvalue weighted by Gasteiger charge is -2.42. The molecule has 26 heavy (non-hydrogen) atoms. The smallest absolute Gasteiger partial charge is 0.225 e. The van der Waals surface area contributed by atoms with Crippen LogP contribution in [0.1, 0.15) is 25.3 Å². The van der Waals surface area contributed by atoms with Crippen LogP contribution in [0.5, 0.6) is 0 Å². The molecule has 0 aliphatic carbocycles. The number of nitrogens with zero attached hydrogens (tertiary/aromatic N) is 3. The highest BCUT2D eigenvalue weighted by Crippen LogP contribution is 2.23. The average Bonchev–Trinajstić information content (AvgIpc) is 2.63. The Morgan fingerprint density at radius 2 is 1.73 bits per heavy atom. The summed E-state index contributed by atoms with van der Waals surface area (Å²) in [5, 5.41) is 0. The number of carbonyl (C=O) groups is 1. The van der Waals surface area contributed by atoms with Crippen molar-refractivity contribution in [3.8, 4) is 0 Å². The van der Waals surface area contributed by atoms with Gasteiger partial charge >= 0.3 is 0 Å². The maximum absolute atomic E-state index is 12.9. The SMILES string of the molecule is CC1CN(C(=O)C2CCN(S(C)(=O)=O)CC2)CCN1Cc1ccccc1. The first-order valence-corrected chi connectivity index (χ1v) is 11.2. The van der Waals surface area contributed by atoms with Crippen LogP contribution in [0.4, 0.5) is 0 Å². The molecule has 2 aliphatic rings. The topological polar surface area (TPSA) is 60.9 Å². The van der Waals surface area contributed by atoms with E-state index in [4.69, 9.17) is 0 Å². The predicted molar refractivity (Wildman–Crippen MR) is 102 cm³/mol. The first-order valence-electron chi connectivity index (χ1n) is 9.36. The second-order valence-electron chi connectivity index (χ2n) is 7.53. The van der Waals surface area contributed by atoms with Crippen molar-refractivity contribution in [2.75, 3.05) is 39.0 Å². The summed E-state index contributed by atoms with van der Waals surface area (Å²) in [4.78, 5) is 17.3. The largest absolute Gasteiger partial charge is 0.340 e. The van der Waals surface area contributed by atoms with Crippen LogP contribution in [-0.2, 0) is 21.4 Å². The molecule has 3 rings (SSSR count). The standard InChI is InChI=1S/C19H29N3O3S/c1-16-14-21(13-12-20(16)15-17-6-4-3-5-7-17)19(23)18-8-10-22(11-9-18)26(2,24)25/h3-7,16,18H,8-15H2,1-2H3. The summed E-state index contributed by atoms with van der Waals surface area (Å²) in [7, 11) is -3.14. The summed E-state index contributed by atoms with van der Waals surface area (Å²) in [6.07, 6.45) is 2.50. The fraction of sp³-hybridized carbons (Fsp3) is 0.632. The molecule has 0 N–H and O–H groups in total. The van der Waals surface area contributed by atoms with Gasteiger partial charge in [-0.2, -0.15) is 0 Å². The van der Waals surface area contributed by atoms with Gasteiger partial charge in [0.25, 0.3) is 0 Å². The van der Waals surface area contributed by atoms with Crippen molar-refractivity contribution >= 4 is 15.9 Å². The number of amides is 1. The van der Waals surface area contributed by atoms with Gasteiger partial charge in [0.1, 0.15) is 0 Å². The Balaban J connectivity index is 1.51.